The first-order valence-corrected chi connectivity index (χ1v) is 8.88. The highest BCUT2D eigenvalue weighted by molar-refractivity contribution is 5.91. The van der Waals surface area contributed by atoms with E-state index in [4.69, 9.17) is 13.9 Å². The Hall–Kier alpha value is -3.03. The van der Waals surface area contributed by atoms with Crippen molar-refractivity contribution in [3.05, 3.63) is 33.7 Å². The Labute approximate surface area is 162 Å². The van der Waals surface area contributed by atoms with Gasteiger partial charge in [0.05, 0.1) is 31.6 Å². The van der Waals surface area contributed by atoms with Crippen molar-refractivity contribution in [1.29, 1.82) is 0 Å². The number of carbonyl (C=O) groups is 2. The summed E-state index contributed by atoms with van der Waals surface area (Å²) in [5.41, 5.74) is 0.316. The van der Waals surface area contributed by atoms with Crippen LogP contribution < -0.4 is 20.4 Å². The molecule has 1 unspecified atom stereocenters. The lowest BCUT2D eigenvalue weighted by atomic mass is 10.0. The topological polar surface area (TPSA) is 115 Å². The Bertz CT molecular complexity index is 946. The summed E-state index contributed by atoms with van der Waals surface area (Å²) in [6, 6.07) is 2.21. The van der Waals surface area contributed by atoms with Crippen LogP contribution in [0.3, 0.4) is 0 Å². The van der Waals surface area contributed by atoms with Gasteiger partial charge >= 0.3 is 11.6 Å². The third-order valence-corrected chi connectivity index (χ3v) is 4.45. The Kier molecular flexibility index (Phi) is 6.66. The van der Waals surface area contributed by atoms with E-state index in [2.05, 4.69) is 5.32 Å². The van der Waals surface area contributed by atoms with E-state index < -0.39 is 23.5 Å². The summed E-state index contributed by atoms with van der Waals surface area (Å²) in [5.74, 6) is -0.669. The minimum absolute atomic E-state index is 0.0908. The van der Waals surface area contributed by atoms with E-state index in [1.807, 2.05) is 13.8 Å². The molecule has 0 fully saturated rings. The highest BCUT2D eigenvalue weighted by Gasteiger charge is 2.23. The lowest BCUT2D eigenvalue weighted by Crippen LogP contribution is -2.42. The molecule has 0 radical (unpaired) electrons. The first kappa shape index (κ1) is 21.3. The molecule has 0 aliphatic heterocycles. The maximum absolute atomic E-state index is 12.4. The van der Waals surface area contributed by atoms with Crippen LogP contribution in [0.25, 0.3) is 11.0 Å². The van der Waals surface area contributed by atoms with E-state index in [-0.39, 0.29) is 23.5 Å². The summed E-state index contributed by atoms with van der Waals surface area (Å²) in [6.07, 6.45) is 0.00116. The van der Waals surface area contributed by atoms with Gasteiger partial charge in [-0.3, -0.25) is 4.79 Å². The summed E-state index contributed by atoms with van der Waals surface area (Å²) in [5, 5.41) is 12.3. The number of fused-ring (bicyclic) bond motifs is 1. The van der Waals surface area contributed by atoms with E-state index in [9.17, 15) is 19.5 Å². The van der Waals surface area contributed by atoms with Gasteiger partial charge in [0.25, 0.3) is 0 Å². The van der Waals surface area contributed by atoms with Gasteiger partial charge in [-0.25, -0.2) is 9.59 Å². The lowest BCUT2D eigenvalue weighted by Gasteiger charge is -2.17. The van der Waals surface area contributed by atoms with Crippen LogP contribution in [0.2, 0.25) is 0 Å². The number of hydrogen-bond donors (Lipinski definition) is 2. The number of benzene rings is 1. The number of nitrogens with one attached hydrogen (secondary N) is 1. The number of amides is 1. The Morgan fingerprint density at radius 3 is 2.43 bits per heavy atom. The van der Waals surface area contributed by atoms with Gasteiger partial charge in [-0.2, -0.15) is 0 Å². The Morgan fingerprint density at radius 1 is 1.21 bits per heavy atom. The van der Waals surface area contributed by atoms with Gasteiger partial charge < -0.3 is 24.3 Å². The molecule has 1 amide bonds. The number of carboxylic acid groups (broad SMARTS) is 1. The van der Waals surface area contributed by atoms with Gasteiger partial charge in [0, 0.05) is 12.1 Å². The molecule has 8 heteroatoms. The van der Waals surface area contributed by atoms with Crippen LogP contribution in [0.1, 0.15) is 31.4 Å². The molecule has 0 aliphatic rings. The second-order valence-electron chi connectivity index (χ2n) is 6.96. The fourth-order valence-corrected chi connectivity index (χ4v) is 3.06. The Balaban J connectivity index is 2.40. The first-order valence-electron chi connectivity index (χ1n) is 8.88. The van der Waals surface area contributed by atoms with E-state index in [1.54, 1.807) is 19.1 Å². The highest BCUT2D eigenvalue weighted by Crippen LogP contribution is 2.33. The molecule has 0 aliphatic carbocycles. The number of hydrogen-bond acceptors (Lipinski definition) is 6. The minimum atomic E-state index is -1.11. The third kappa shape index (κ3) is 4.62. The number of carboxylic acids is 1. The molecule has 2 aromatic rings. The normalized spacial score (nSPS) is 12.1. The summed E-state index contributed by atoms with van der Waals surface area (Å²) >= 11 is 0. The van der Waals surface area contributed by atoms with Gasteiger partial charge in [0.2, 0.25) is 5.91 Å². The molecule has 1 heterocycles. The molecule has 28 heavy (non-hydrogen) atoms. The molecule has 0 saturated heterocycles. The molecule has 0 bridgehead atoms. The van der Waals surface area contributed by atoms with Gasteiger partial charge in [0.15, 0.2) is 0 Å². The second kappa shape index (κ2) is 8.77. The zero-order chi connectivity index (χ0) is 21.0. The molecule has 152 valence electrons. The molecule has 1 aromatic carbocycles. The summed E-state index contributed by atoms with van der Waals surface area (Å²) in [7, 11) is 2.97. The van der Waals surface area contributed by atoms with Crippen LogP contribution in [0.15, 0.2) is 21.3 Å². The molecule has 2 N–H and O–H groups in total. The SMILES string of the molecule is COc1cc(OC)c2c(C)c(CC(=O)NC(CC(C)C)C(=O)O)c(=O)oc2c1. The first-order chi connectivity index (χ1) is 13.2. The number of rotatable bonds is 8. The molecule has 0 saturated carbocycles. The number of carbonyl (C=O) groups excluding carboxylic acids is 1. The minimum Gasteiger partial charge on any atom is -0.496 e. The van der Waals surface area contributed by atoms with Crippen molar-refractivity contribution >= 4 is 22.8 Å². The zero-order valence-corrected chi connectivity index (χ0v) is 16.6. The van der Waals surface area contributed by atoms with Crippen LogP contribution in [0.5, 0.6) is 11.5 Å². The molecule has 0 spiro atoms. The van der Waals surface area contributed by atoms with E-state index in [1.165, 1.54) is 14.2 Å². The van der Waals surface area contributed by atoms with Crippen LogP contribution in [0.4, 0.5) is 0 Å². The molecule has 1 atom stereocenters. The van der Waals surface area contributed by atoms with Crippen LogP contribution in [-0.2, 0) is 16.0 Å². The monoisotopic (exact) mass is 391 g/mol. The van der Waals surface area contributed by atoms with Crippen molar-refractivity contribution in [3.8, 4) is 11.5 Å². The maximum atomic E-state index is 12.4. The standard InChI is InChI=1S/C20H25NO7/c1-10(2)6-14(19(23)24)21-17(22)9-13-11(3)18-15(27-5)7-12(26-4)8-16(18)28-20(13)25/h7-8,10,14H,6,9H2,1-5H3,(H,21,22)(H,23,24). The number of aliphatic carboxylic acids is 1. The Morgan fingerprint density at radius 2 is 1.89 bits per heavy atom. The number of methoxy groups -OCH3 is 2. The zero-order valence-electron chi connectivity index (χ0n) is 16.6. The number of ether oxygens (including phenoxy) is 2. The molecule has 1 aromatic heterocycles. The average Bonchev–Trinajstić information content (AvgIpc) is 2.62. The van der Waals surface area contributed by atoms with Crippen molar-refractivity contribution in [1.82, 2.24) is 5.32 Å². The third-order valence-electron chi connectivity index (χ3n) is 4.45. The van der Waals surface area contributed by atoms with Gasteiger partial charge in [-0.15, -0.1) is 0 Å². The molecular formula is C20H25NO7. The van der Waals surface area contributed by atoms with Crippen molar-refractivity contribution < 1.29 is 28.6 Å². The fourth-order valence-electron chi connectivity index (χ4n) is 3.06. The predicted molar refractivity (Wildman–Crippen MR) is 103 cm³/mol. The molecule has 8 nitrogen and oxygen atoms in total. The van der Waals surface area contributed by atoms with Crippen molar-refractivity contribution in [2.75, 3.05) is 14.2 Å². The van der Waals surface area contributed by atoms with Crippen LogP contribution >= 0.6 is 0 Å². The quantitative estimate of drug-likeness (QED) is 0.663. The van der Waals surface area contributed by atoms with Crippen molar-refractivity contribution in [2.45, 2.75) is 39.7 Å². The van der Waals surface area contributed by atoms with E-state index >= 15 is 0 Å². The smallest absolute Gasteiger partial charge is 0.340 e. The van der Waals surface area contributed by atoms with Crippen molar-refractivity contribution in [3.63, 3.8) is 0 Å². The van der Waals surface area contributed by atoms with Crippen molar-refractivity contribution in [2.24, 2.45) is 5.92 Å². The largest absolute Gasteiger partial charge is 0.496 e. The fraction of sp³-hybridized carbons (Fsp3) is 0.450. The lowest BCUT2D eigenvalue weighted by molar-refractivity contribution is -0.142. The maximum Gasteiger partial charge on any atom is 0.340 e. The summed E-state index contributed by atoms with van der Waals surface area (Å²) < 4.78 is 15.9. The van der Waals surface area contributed by atoms with Crippen LogP contribution in [-0.4, -0.2) is 37.2 Å². The highest BCUT2D eigenvalue weighted by atomic mass is 16.5. The molecule has 2 rings (SSSR count). The average molecular weight is 391 g/mol. The second-order valence-corrected chi connectivity index (χ2v) is 6.96. The van der Waals surface area contributed by atoms with E-state index in [0.29, 0.717) is 28.9 Å². The van der Waals surface area contributed by atoms with Crippen LogP contribution in [0, 0.1) is 12.8 Å². The number of aryl methyl sites for hydroxylation is 1. The van der Waals surface area contributed by atoms with E-state index in [0.717, 1.165) is 0 Å². The molecular weight excluding hydrogens is 366 g/mol. The predicted octanol–water partition coefficient (Wildman–Crippen LogP) is 2.28. The van der Waals surface area contributed by atoms with Gasteiger partial charge in [-0.05, 0) is 24.8 Å². The summed E-state index contributed by atoms with van der Waals surface area (Å²) in [6.45, 7) is 5.43. The summed E-state index contributed by atoms with van der Waals surface area (Å²) in [4.78, 5) is 36.2. The van der Waals surface area contributed by atoms with Gasteiger partial charge in [0.1, 0.15) is 23.1 Å². The van der Waals surface area contributed by atoms with Gasteiger partial charge in [-0.1, -0.05) is 13.8 Å².